The molecule has 0 spiro atoms. The summed E-state index contributed by atoms with van der Waals surface area (Å²) in [5.74, 6) is 0. The molecule has 0 heterocycles. The summed E-state index contributed by atoms with van der Waals surface area (Å²) in [4.78, 5) is 0. The number of nitrogens with two attached hydrogens (primary N) is 1. The average Bonchev–Trinajstić information content (AvgIpc) is 2.45. The number of ether oxygens (including phenoxy) is 1. The van der Waals surface area contributed by atoms with Crippen LogP contribution in [0.15, 0.2) is 0 Å². The van der Waals surface area contributed by atoms with Crippen LogP contribution in [0.2, 0.25) is 13.3 Å². The van der Waals surface area contributed by atoms with Crippen molar-refractivity contribution in [1.82, 2.24) is 0 Å². The van der Waals surface area contributed by atoms with E-state index >= 15 is 0 Å². The van der Waals surface area contributed by atoms with Gasteiger partial charge in [-0.15, -0.1) is 0 Å². The van der Waals surface area contributed by atoms with E-state index in [0.717, 1.165) is 4.62 Å². The Hall–Kier alpha value is 0.719. The Balaban J connectivity index is 4.56. The van der Waals surface area contributed by atoms with E-state index in [1.807, 2.05) is 0 Å². The summed E-state index contributed by atoms with van der Waals surface area (Å²) in [6, 6.07) is 0. The van der Waals surface area contributed by atoms with Crippen LogP contribution in [0.5, 0.6) is 0 Å². The van der Waals surface area contributed by atoms with Crippen molar-refractivity contribution in [1.29, 1.82) is 0 Å². The third kappa shape index (κ3) is 9.30. The van der Waals surface area contributed by atoms with Crippen molar-refractivity contribution >= 4 is 18.4 Å². The fraction of sp³-hybridized carbons (Fsp3) is 1.00. The molecule has 0 aromatic heterocycles. The Morgan fingerprint density at radius 2 is 1.32 bits per heavy atom. The van der Waals surface area contributed by atoms with Crippen LogP contribution >= 0.6 is 0 Å². The van der Waals surface area contributed by atoms with Crippen LogP contribution in [-0.2, 0) is 4.74 Å². The van der Waals surface area contributed by atoms with Gasteiger partial charge in [-0.2, -0.15) is 0 Å². The van der Waals surface area contributed by atoms with Crippen molar-refractivity contribution in [2.75, 3.05) is 11.2 Å². The van der Waals surface area contributed by atoms with Crippen molar-refractivity contribution in [2.45, 2.75) is 85.6 Å². The Morgan fingerprint density at radius 3 is 1.63 bits per heavy atom. The molecular formula is C16H37NOSn. The van der Waals surface area contributed by atoms with Crippen LogP contribution in [-0.4, -0.2) is 35.6 Å². The first-order valence-electron chi connectivity index (χ1n) is 8.45. The molecule has 0 aliphatic heterocycles. The molecule has 0 fully saturated rings. The van der Waals surface area contributed by atoms with Gasteiger partial charge in [0, 0.05) is 0 Å². The van der Waals surface area contributed by atoms with E-state index < -0.39 is 18.4 Å². The molecule has 2 N–H and O–H groups in total. The third-order valence-corrected chi connectivity index (χ3v) is 18.5. The first-order chi connectivity index (χ1) is 9.14. The van der Waals surface area contributed by atoms with Crippen molar-refractivity contribution in [3.63, 3.8) is 0 Å². The van der Waals surface area contributed by atoms with E-state index in [1.165, 1.54) is 51.8 Å². The fourth-order valence-electron chi connectivity index (χ4n) is 2.63. The molecule has 19 heavy (non-hydrogen) atoms. The molecule has 116 valence electrons. The van der Waals surface area contributed by atoms with Crippen LogP contribution in [0.1, 0.15) is 66.2 Å². The van der Waals surface area contributed by atoms with Gasteiger partial charge in [0.25, 0.3) is 0 Å². The Bertz CT molecular complexity index is 177. The van der Waals surface area contributed by atoms with Crippen LogP contribution in [0.3, 0.4) is 0 Å². The molecule has 0 saturated carbocycles. The average molecular weight is 378 g/mol. The maximum atomic E-state index is 6.12. The zero-order chi connectivity index (χ0) is 14.6. The summed E-state index contributed by atoms with van der Waals surface area (Å²) in [7, 11) is 0. The first kappa shape index (κ1) is 19.7. The van der Waals surface area contributed by atoms with E-state index in [0.29, 0.717) is 6.54 Å². The monoisotopic (exact) mass is 379 g/mol. The van der Waals surface area contributed by atoms with Crippen molar-refractivity contribution in [3.05, 3.63) is 0 Å². The molecule has 0 bridgehead atoms. The van der Waals surface area contributed by atoms with Crippen LogP contribution in [0.4, 0.5) is 0 Å². The molecular weight excluding hydrogens is 341 g/mol. The van der Waals surface area contributed by atoms with E-state index in [1.54, 1.807) is 0 Å². The topological polar surface area (TPSA) is 35.2 Å². The summed E-state index contributed by atoms with van der Waals surface area (Å²) in [6.07, 6.45) is 8.52. The molecule has 0 amide bonds. The SMILES string of the molecule is CCC[CH2][Sn]([CH2]CCC)([CH2]CCC)[CH2]O[C@@H](C)CN. The normalized spacial score (nSPS) is 13.7. The number of hydrogen-bond acceptors (Lipinski definition) is 2. The molecule has 0 rings (SSSR count). The van der Waals surface area contributed by atoms with Gasteiger partial charge in [-0.25, -0.2) is 0 Å². The third-order valence-electron chi connectivity index (χ3n) is 4.19. The second kappa shape index (κ2) is 12.5. The first-order valence-corrected chi connectivity index (χ1v) is 16.5. The molecule has 0 aromatic rings. The molecule has 0 saturated heterocycles. The molecule has 0 aliphatic rings. The zero-order valence-electron chi connectivity index (χ0n) is 13.8. The van der Waals surface area contributed by atoms with E-state index in [2.05, 4.69) is 27.7 Å². The molecule has 0 aromatic carbocycles. The summed E-state index contributed by atoms with van der Waals surface area (Å²) >= 11 is -2.05. The number of rotatable bonds is 13. The summed E-state index contributed by atoms with van der Waals surface area (Å²) in [5.41, 5.74) is 5.70. The second-order valence-corrected chi connectivity index (χ2v) is 19.8. The minimum atomic E-state index is -2.05. The van der Waals surface area contributed by atoms with E-state index in [9.17, 15) is 0 Å². The van der Waals surface area contributed by atoms with Gasteiger partial charge in [0.1, 0.15) is 0 Å². The van der Waals surface area contributed by atoms with E-state index in [-0.39, 0.29) is 6.10 Å². The van der Waals surface area contributed by atoms with Gasteiger partial charge < -0.3 is 0 Å². The van der Waals surface area contributed by atoms with Gasteiger partial charge in [-0.05, 0) is 0 Å². The van der Waals surface area contributed by atoms with E-state index in [4.69, 9.17) is 10.5 Å². The van der Waals surface area contributed by atoms with Gasteiger partial charge in [-0.3, -0.25) is 0 Å². The Labute approximate surface area is 125 Å². The second-order valence-electron chi connectivity index (χ2n) is 6.17. The van der Waals surface area contributed by atoms with Gasteiger partial charge >= 0.3 is 126 Å². The zero-order valence-corrected chi connectivity index (χ0v) is 16.7. The molecule has 2 nitrogen and oxygen atoms in total. The predicted octanol–water partition coefficient (Wildman–Crippen LogP) is 4.74. The molecule has 0 aliphatic carbocycles. The predicted molar refractivity (Wildman–Crippen MR) is 89.4 cm³/mol. The van der Waals surface area contributed by atoms with Gasteiger partial charge in [0.05, 0.1) is 0 Å². The fourth-order valence-corrected chi connectivity index (χ4v) is 17.3. The van der Waals surface area contributed by atoms with Crippen LogP contribution in [0.25, 0.3) is 0 Å². The molecule has 0 unspecified atom stereocenters. The minimum absolute atomic E-state index is 0.251. The number of hydrogen-bond donors (Lipinski definition) is 1. The van der Waals surface area contributed by atoms with Crippen molar-refractivity contribution in [2.24, 2.45) is 5.73 Å². The molecule has 3 heteroatoms. The Morgan fingerprint density at radius 1 is 0.895 bits per heavy atom. The van der Waals surface area contributed by atoms with Gasteiger partial charge in [0.2, 0.25) is 0 Å². The van der Waals surface area contributed by atoms with Crippen molar-refractivity contribution < 1.29 is 4.74 Å². The van der Waals surface area contributed by atoms with Crippen LogP contribution < -0.4 is 5.73 Å². The summed E-state index contributed by atoms with van der Waals surface area (Å²) in [5, 5.41) is 0. The van der Waals surface area contributed by atoms with Crippen LogP contribution in [0, 0.1) is 0 Å². The summed E-state index contributed by atoms with van der Waals surface area (Å²) in [6.45, 7) is 9.74. The van der Waals surface area contributed by atoms with Gasteiger partial charge in [-0.1, -0.05) is 0 Å². The number of unbranched alkanes of at least 4 members (excludes halogenated alkanes) is 3. The van der Waals surface area contributed by atoms with Gasteiger partial charge in [0.15, 0.2) is 0 Å². The quantitative estimate of drug-likeness (QED) is 0.470. The standard InChI is InChI=1S/C4H10NO.3C4H9.Sn/c1-4(3-5)6-2;3*1-3-4-2;/h4H,2-3,5H2,1H3;3*1,3-4H2,2H3;/t4-;;;;/m0..../s1. The molecule has 0 radical (unpaired) electrons. The van der Waals surface area contributed by atoms with Crippen molar-refractivity contribution in [3.8, 4) is 0 Å². The Kier molecular flexibility index (Phi) is 12.9. The maximum absolute atomic E-state index is 6.12. The molecule has 1 atom stereocenters. The summed E-state index contributed by atoms with van der Waals surface area (Å²) < 4.78 is 11.8.